The van der Waals surface area contributed by atoms with Gasteiger partial charge in [-0.05, 0) is 61.7 Å². The summed E-state index contributed by atoms with van der Waals surface area (Å²) in [6, 6.07) is 16.9. The Kier molecular flexibility index (Phi) is 7.09. The lowest BCUT2D eigenvalue weighted by atomic mass is 9.89. The highest BCUT2D eigenvalue weighted by Crippen LogP contribution is 2.30. The number of rotatable bonds is 7. The first-order valence-electron chi connectivity index (χ1n) is 12.0. The van der Waals surface area contributed by atoms with Crippen LogP contribution in [0.2, 0.25) is 0 Å². The van der Waals surface area contributed by atoms with E-state index in [1.807, 2.05) is 30.3 Å². The number of nitrogens with one attached hydrogen (secondary N) is 2. The third-order valence-electron chi connectivity index (χ3n) is 6.74. The van der Waals surface area contributed by atoms with Crippen molar-refractivity contribution >= 4 is 11.8 Å². The molecular weight excluding hydrogens is 420 g/mol. The molecule has 3 fully saturated rings. The largest absolute Gasteiger partial charge is 0.457 e. The van der Waals surface area contributed by atoms with E-state index in [1.54, 1.807) is 24.3 Å². The van der Waals surface area contributed by atoms with Gasteiger partial charge in [-0.25, -0.2) is 4.79 Å². The SMILES string of the molecule is O=C(Nc1ccc(Oc2ccccc2)cc1)O[C@H]1CO[C@@H]2[C@@H]1OC[C@@H]2NCC1CCCCC1. The predicted molar refractivity (Wildman–Crippen MR) is 125 cm³/mol. The van der Waals surface area contributed by atoms with Crippen LogP contribution in [0.4, 0.5) is 10.5 Å². The molecule has 7 nitrogen and oxygen atoms in total. The van der Waals surface area contributed by atoms with Crippen LogP contribution in [-0.4, -0.2) is 50.2 Å². The van der Waals surface area contributed by atoms with Crippen LogP contribution in [0, 0.1) is 5.92 Å². The van der Waals surface area contributed by atoms with Gasteiger partial charge >= 0.3 is 6.09 Å². The van der Waals surface area contributed by atoms with Crippen molar-refractivity contribution in [3.05, 3.63) is 54.6 Å². The van der Waals surface area contributed by atoms with Gasteiger partial charge in [-0.2, -0.15) is 0 Å². The first kappa shape index (κ1) is 22.2. The van der Waals surface area contributed by atoms with Crippen LogP contribution in [0.25, 0.3) is 0 Å². The number of ether oxygens (including phenoxy) is 4. The Morgan fingerprint density at radius 1 is 0.879 bits per heavy atom. The average Bonchev–Trinajstić information content (AvgIpc) is 3.43. The Balaban J connectivity index is 1.07. The second-order valence-corrected chi connectivity index (χ2v) is 9.12. The highest BCUT2D eigenvalue weighted by molar-refractivity contribution is 5.84. The standard InChI is InChI=1S/C26H32N2O5/c29-26(28-19-11-13-21(14-12-19)32-20-9-5-2-6-10-20)33-23-17-31-24-22(16-30-25(23)24)27-15-18-7-3-1-4-8-18/h2,5-6,9-14,18,22-25,27H,1,3-4,7-8,15-17H2,(H,28,29)/t22-,23-,24-,25+/m0/s1. The van der Waals surface area contributed by atoms with Crippen molar-refractivity contribution in [1.29, 1.82) is 0 Å². The maximum absolute atomic E-state index is 12.5. The Hall–Kier alpha value is -2.61. The molecule has 176 valence electrons. The van der Waals surface area contributed by atoms with Crippen molar-refractivity contribution in [2.75, 3.05) is 25.1 Å². The van der Waals surface area contributed by atoms with E-state index in [0.29, 0.717) is 24.7 Å². The van der Waals surface area contributed by atoms with Crippen molar-refractivity contribution in [2.45, 2.75) is 56.5 Å². The van der Waals surface area contributed by atoms with Gasteiger partial charge in [-0.1, -0.05) is 37.5 Å². The molecule has 7 heteroatoms. The number of fused-ring (bicyclic) bond motifs is 1. The van der Waals surface area contributed by atoms with Crippen LogP contribution in [-0.2, 0) is 14.2 Å². The molecule has 33 heavy (non-hydrogen) atoms. The summed E-state index contributed by atoms with van der Waals surface area (Å²) in [5, 5.41) is 6.42. The lowest BCUT2D eigenvalue weighted by Crippen LogP contribution is -2.43. The van der Waals surface area contributed by atoms with Crippen LogP contribution in [0.3, 0.4) is 0 Å². The molecule has 2 aromatic rings. The molecule has 0 bridgehead atoms. The van der Waals surface area contributed by atoms with Gasteiger partial charge in [0.1, 0.15) is 23.7 Å². The lowest BCUT2D eigenvalue weighted by molar-refractivity contribution is 0.00850. The van der Waals surface area contributed by atoms with Gasteiger partial charge < -0.3 is 24.3 Å². The van der Waals surface area contributed by atoms with Crippen LogP contribution in [0.15, 0.2) is 54.6 Å². The van der Waals surface area contributed by atoms with E-state index in [2.05, 4.69) is 10.6 Å². The van der Waals surface area contributed by atoms with E-state index in [0.717, 1.165) is 18.2 Å². The fourth-order valence-electron chi connectivity index (χ4n) is 4.97. The van der Waals surface area contributed by atoms with Crippen molar-refractivity contribution in [3.63, 3.8) is 0 Å². The van der Waals surface area contributed by atoms with E-state index in [4.69, 9.17) is 18.9 Å². The number of carbonyl (C=O) groups excluding carboxylic acids is 1. The lowest BCUT2D eigenvalue weighted by Gasteiger charge is -2.25. The molecule has 4 atom stereocenters. The molecule has 5 rings (SSSR count). The van der Waals surface area contributed by atoms with Gasteiger partial charge in [0.15, 0.2) is 6.10 Å². The van der Waals surface area contributed by atoms with Gasteiger partial charge in [0.05, 0.1) is 19.3 Å². The number of anilines is 1. The summed E-state index contributed by atoms with van der Waals surface area (Å²) in [4.78, 5) is 12.5. The summed E-state index contributed by atoms with van der Waals surface area (Å²) in [6.07, 6.45) is 5.45. The monoisotopic (exact) mass is 452 g/mol. The van der Waals surface area contributed by atoms with Crippen LogP contribution in [0.1, 0.15) is 32.1 Å². The summed E-state index contributed by atoms with van der Waals surface area (Å²) < 4.78 is 23.3. The quantitative estimate of drug-likeness (QED) is 0.632. The summed E-state index contributed by atoms with van der Waals surface area (Å²) in [5.41, 5.74) is 0.634. The molecule has 1 saturated carbocycles. The summed E-state index contributed by atoms with van der Waals surface area (Å²) >= 11 is 0. The number of carbonyl (C=O) groups is 1. The van der Waals surface area contributed by atoms with E-state index < -0.39 is 12.2 Å². The Bertz CT molecular complexity index is 901. The zero-order chi connectivity index (χ0) is 22.5. The van der Waals surface area contributed by atoms with Crippen molar-refractivity contribution in [2.24, 2.45) is 5.92 Å². The van der Waals surface area contributed by atoms with E-state index in [-0.39, 0.29) is 18.2 Å². The van der Waals surface area contributed by atoms with Crippen LogP contribution in [0.5, 0.6) is 11.5 Å². The number of hydrogen-bond acceptors (Lipinski definition) is 6. The normalized spacial score (nSPS) is 27.2. The minimum Gasteiger partial charge on any atom is -0.457 e. The Morgan fingerprint density at radius 3 is 2.39 bits per heavy atom. The molecular formula is C26H32N2O5. The Labute approximate surface area is 194 Å². The molecule has 0 radical (unpaired) electrons. The van der Waals surface area contributed by atoms with Gasteiger partial charge in [-0.15, -0.1) is 0 Å². The fourth-order valence-corrected chi connectivity index (χ4v) is 4.97. The second kappa shape index (κ2) is 10.5. The third kappa shape index (κ3) is 5.66. The highest BCUT2D eigenvalue weighted by Gasteiger charge is 2.49. The molecule has 2 aliphatic heterocycles. The minimum absolute atomic E-state index is 0.0687. The minimum atomic E-state index is -0.511. The third-order valence-corrected chi connectivity index (χ3v) is 6.74. The maximum Gasteiger partial charge on any atom is 0.412 e. The molecule has 2 N–H and O–H groups in total. The molecule has 2 aromatic carbocycles. The van der Waals surface area contributed by atoms with Gasteiger partial charge in [0.2, 0.25) is 0 Å². The van der Waals surface area contributed by atoms with Crippen LogP contribution >= 0.6 is 0 Å². The Morgan fingerprint density at radius 2 is 1.61 bits per heavy atom. The molecule has 1 aliphatic carbocycles. The molecule has 2 heterocycles. The number of hydrogen-bond donors (Lipinski definition) is 2. The highest BCUT2D eigenvalue weighted by atomic mass is 16.6. The van der Waals surface area contributed by atoms with E-state index >= 15 is 0 Å². The summed E-state index contributed by atoms with van der Waals surface area (Å²) in [7, 11) is 0. The number of amides is 1. The fraction of sp³-hybridized carbons (Fsp3) is 0.500. The van der Waals surface area contributed by atoms with E-state index in [1.165, 1.54) is 32.1 Å². The van der Waals surface area contributed by atoms with Crippen molar-refractivity contribution in [3.8, 4) is 11.5 Å². The van der Waals surface area contributed by atoms with Gasteiger partial charge in [-0.3, -0.25) is 5.32 Å². The predicted octanol–water partition coefficient (Wildman–Crippen LogP) is 4.73. The number of benzene rings is 2. The zero-order valence-corrected chi connectivity index (χ0v) is 18.8. The van der Waals surface area contributed by atoms with E-state index in [9.17, 15) is 4.79 Å². The first-order chi connectivity index (χ1) is 16.2. The molecule has 0 unspecified atom stereocenters. The van der Waals surface area contributed by atoms with Gasteiger partial charge in [0, 0.05) is 5.69 Å². The maximum atomic E-state index is 12.5. The number of para-hydroxylation sites is 1. The smallest absolute Gasteiger partial charge is 0.412 e. The van der Waals surface area contributed by atoms with Crippen LogP contribution < -0.4 is 15.4 Å². The average molecular weight is 453 g/mol. The zero-order valence-electron chi connectivity index (χ0n) is 18.8. The van der Waals surface area contributed by atoms with Crippen molar-refractivity contribution < 1.29 is 23.7 Å². The second-order valence-electron chi connectivity index (χ2n) is 9.12. The first-order valence-corrected chi connectivity index (χ1v) is 12.0. The van der Waals surface area contributed by atoms with Gasteiger partial charge in [0.25, 0.3) is 0 Å². The topological polar surface area (TPSA) is 78.1 Å². The van der Waals surface area contributed by atoms with Crippen molar-refractivity contribution in [1.82, 2.24) is 5.32 Å². The molecule has 0 aromatic heterocycles. The summed E-state index contributed by atoms with van der Waals surface area (Å²) in [6.45, 7) is 1.96. The molecule has 3 aliphatic rings. The summed E-state index contributed by atoms with van der Waals surface area (Å²) in [5.74, 6) is 2.20. The molecule has 2 saturated heterocycles. The molecule has 1 amide bonds. The molecule has 0 spiro atoms.